The van der Waals surface area contributed by atoms with Gasteiger partial charge in [0.2, 0.25) is 0 Å². The van der Waals surface area contributed by atoms with Crippen LogP contribution >= 0.6 is 0 Å². The standard InChI is InChI=1S/C23H36N6O2.W.Y/c1-18(28-12-8-11-20(17-28)29-14-13-27(2)23(29)31)26-22(15-21(24)30)25-16-19-9-6-4-3-5-7-10-19;;/h1,3,19-20,25H,4-14,16-17H2,2H3,(H2,24,30);;/q-2;;/b26-18+;;. The number of nitrogens with one attached hydrogen (secondary N) is 1. The van der Waals surface area contributed by atoms with Crippen LogP contribution in [0.2, 0.25) is 0 Å². The van der Waals surface area contributed by atoms with Crippen LogP contribution in [-0.2, 0) is 56.9 Å². The molecule has 3 rings (SSSR count). The van der Waals surface area contributed by atoms with Gasteiger partial charge in [-0.1, -0.05) is 0 Å². The molecule has 2 aliphatic heterocycles. The monoisotopic (exact) mass is 701 g/mol. The first-order valence-electron chi connectivity index (χ1n) is 11.8. The molecular weight excluding hydrogens is 665 g/mol. The van der Waals surface area contributed by atoms with E-state index < -0.39 is 5.91 Å². The van der Waals surface area contributed by atoms with Crippen LogP contribution in [0.3, 0.4) is 0 Å². The molecule has 1 unspecified atom stereocenters. The quantitative estimate of drug-likeness (QED) is 0.182. The molecule has 0 bridgehead atoms. The number of hydrogen-bond donors (Lipinski definition) is 2. The summed E-state index contributed by atoms with van der Waals surface area (Å²) < 4.78 is 2.04. The Morgan fingerprint density at radius 2 is 1.97 bits per heavy atom. The van der Waals surface area contributed by atoms with E-state index in [2.05, 4.69) is 22.7 Å². The number of amides is 3. The molecule has 10 heteroatoms. The van der Waals surface area contributed by atoms with Gasteiger partial charge in [0, 0.05) is 32.7 Å². The van der Waals surface area contributed by atoms with Crippen LogP contribution < -0.4 is 11.1 Å². The van der Waals surface area contributed by atoms with Gasteiger partial charge in [0.1, 0.15) is 0 Å². The Kier molecular flexibility index (Phi) is 12.8. The van der Waals surface area contributed by atoms with Crippen molar-refractivity contribution in [2.24, 2.45) is 16.6 Å². The fourth-order valence-corrected chi connectivity index (χ4v) is 5.50. The van der Waals surface area contributed by atoms with Gasteiger partial charge in [0.15, 0.2) is 0 Å². The first-order valence-corrected chi connectivity index (χ1v) is 13.5. The summed E-state index contributed by atoms with van der Waals surface area (Å²) in [4.78, 5) is 34.8. The van der Waals surface area contributed by atoms with Gasteiger partial charge >= 0.3 is 203 Å². The molecule has 33 heavy (non-hydrogen) atoms. The molecule has 0 spiro atoms. The van der Waals surface area contributed by atoms with Crippen molar-refractivity contribution in [3.05, 3.63) is 18.3 Å². The summed E-state index contributed by atoms with van der Waals surface area (Å²) in [5.41, 5.74) is 5.42. The van der Waals surface area contributed by atoms with Crippen molar-refractivity contribution in [3.8, 4) is 0 Å². The number of urea groups is 1. The fourth-order valence-electron chi connectivity index (χ4n) is 4.77. The molecule has 181 valence electrons. The van der Waals surface area contributed by atoms with E-state index in [1.165, 1.54) is 57.9 Å². The molecule has 3 amide bonds. The van der Waals surface area contributed by atoms with Gasteiger partial charge in [0.25, 0.3) is 0 Å². The van der Waals surface area contributed by atoms with Crippen molar-refractivity contribution in [2.45, 2.75) is 57.4 Å². The Morgan fingerprint density at radius 3 is 2.58 bits per heavy atom. The molecule has 0 aromatic carbocycles. The van der Waals surface area contributed by atoms with Gasteiger partial charge in [-0.15, -0.1) is 0 Å². The van der Waals surface area contributed by atoms with Crippen molar-refractivity contribution < 1.29 is 61.7 Å². The van der Waals surface area contributed by atoms with Gasteiger partial charge in [-0.3, -0.25) is 0 Å². The predicted octanol–water partition coefficient (Wildman–Crippen LogP) is 1.46. The Balaban J connectivity index is 0.00000385. The molecule has 3 aliphatic rings. The molecule has 0 aromatic heterocycles. The van der Waals surface area contributed by atoms with Gasteiger partial charge in [-0.25, -0.2) is 0 Å². The third kappa shape index (κ3) is 8.85. The average Bonchev–Trinajstić information content (AvgIpc) is 3.09. The molecule has 3 fully saturated rings. The van der Waals surface area contributed by atoms with Crippen molar-refractivity contribution in [1.82, 2.24) is 20.0 Å². The molecule has 2 saturated heterocycles. The first kappa shape index (κ1) is 28.6. The first-order chi connectivity index (χ1) is 15.5. The minimum absolute atomic E-state index is 0. The molecule has 2 heterocycles. The summed E-state index contributed by atoms with van der Waals surface area (Å²) in [5.74, 6) is 1.19. The maximum absolute atomic E-state index is 12.5. The molecule has 3 N–H and O–H groups in total. The van der Waals surface area contributed by atoms with Crippen LogP contribution in [0.4, 0.5) is 4.79 Å². The Hall–Kier alpha value is -0.588. The number of rotatable bonds is 7. The Bertz CT molecular complexity index is 738. The number of amidine groups is 1. The van der Waals surface area contributed by atoms with E-state index in [-0.39, 0.29) is 44.8 Å². The normalized spacial score (nSPS) is 23.6. The summed E-state index contributed by atoms with van der Waals surface area (Å²) in [6.45, 7) is 3.98. The number of nitrogens with zero attached hydrogens (tertiary/aromatic N) is 4. The second-order valence-electron chi connectivity index (χ2n) is 8.96. The van der Waals surface area contributed by atoms with Crippen LogP contribution in [0, 0.1) is 18.4 Å². The van der Waals surface area contributed by atoms with Gasteiger partial charge < -0.3 is 0 Å². The summed E-state index contributed by atoms with van der Waals surface area (Å²) in [7, 11) is 1.86. The Morgan fingerprint density at radius 1 is 1.24 bits per heavy atom. The van der Waals surface area contributed by atoms with Crippen LogP contribution in [0.25, 0.3) is 0 Å². The average molecular weight is 701 g/mol. The van der Waals surface area contributed by atoms with Crippen molar-refractivity contribution >= 4 is 22.2 Å². The minimum Gasteiger partial charge on any atom is 0 e. The maximum atomic E-state index is 12.5. The number of primary amides is 1. The maximum Gasteiger partial charge on any atom is 0 e. The van der Waals surface area contributed by atoms with Crippen LogP contribution in [-0.4, -0.2) is 82.7 Å². The molecule has 0 aromatic rings. The zero-order valence-electron chi connectivity index (χ0n) is 19.7. The number of carbonyl (C=O) groups is 2. The number of aliphatic imine (C=N–C) groups is 1. The summed E-state index contributed by atoms with van der Waals surface area (Å²) in [6.07, 6.45) is 14.2. The smallest absolute Gasteiger partial charge is 0 e. The number of nitrogens with two attached hydrogens (primary N) is 1. The number of hydrogen-bond acceptors (Lipinski definition) is 4. The van der Waals surface area contributed by atoms with E-state index in [0.717, 1.165) is 51.4 Å². The molecule has 1 saturated carbocycles. The van der Waals surface area contributed by atoms with E-state index in [9.17, 15) is 9.59 Å². The SMILES string of the molecule is CN1CCN(C2CCCN(/C([CH]=[W])=N/C(=[C-]C(N)=O)NCC3CCC[CH-]CCC3)C2)C1=O.[Y]. The van der Waals surface area contributed by atoms with Gasteiger partial charge in [0.05, 0.1) is 0 Å². The van der Waals surface area contributed by atoms with Gasteiger partial charge in [-0.05, 0) is 0 Å². The van der Waals surface area contributed by atoms with Crippen LogP contribution in [0.1, 0.15) is 51.4 Å². The predicted molar refractivity (Wildman–Crippen MR) is 122 cm³/mol. The molecule has 1 radical (unpaired) electrons. The number of carbonyl (C=O) groups excluding carboxylic acids is 2. The largest absolute Gasteiger partial charge is 0 e. The van der Waals surface area contributed by atoms with Crippen molar-refractivity contribution in [3.63, 3.8) is 0 Å². The fraction of sp³-hybridized carbons (Fsp3) is 0.696. The third-order valence-corrected chi connectivity index (χ3v) is 7.34. The van der Waals surface area contributed by atoms with Gasteiger partial charge in [-0.2, -0.15) is 0 Å². The minimum atomic E-state index is -0.617. The van der Waals surface area contributed by atoms with Crippen LogP contribution in [0.15, 0.2) is 10.8 Å². The summed E-state index contributed by atoms with van der Waals surface area (Å²) in [6, 6.07) is 0.302. The van der Waals surface area contributed by atoms with E-state index >= 15 is 0 Å². The van der Waals surface area contributed by atoms with E-state index in [4.69, 9.17) is 10.7 Å². The second kappa shape index (κ2) is 14.7. The Labute approximate surface area is 234 Å². The zero-order chi connectivity index (χ0) is 22.9. The number of likely N-dealkylation sites (tertiary alicyclic amines) is 1. The zero-order valence-corrected chi connectivity index (χ0v) is 25.4. The molecular formula is C23H36N6O2WY-2. The van der Waals surface area contributed by atoms with E-state index in [1.807, 2.05) is 16.3 Å². The second-order valence-corrected chi connectivity index (χ2v) is 9.81. The number of piperidine rings is 1. The summed E-state index contributed by atoms with van der Waals surface area (Å²) in [5, 5.41) is 3.35. The van der Waals surface area contributed by atoms with E-state index in [0.29, 0.717) is 11.7 Å². The van der Waals surface area contributed by atoms with Crippen molar-refractivity contribution in [1.29, 1.82) is 0 Å². The summed E-state index contributed by atoms with van der Waals surface area (Å²) >= 11 is 1.28. The molecule has 8 nitrogen and oxygen atoms in total. The molecule has 1 atom stereocenters. The molecule has 1 aliphatic carbocycles. The third-order valence-electron chi connectivity index (χ3n) is 6.58. The topological polar surface area (TPSA) is 94.3 Å². The number of likely N-dealkylation sites (N-methyl/N-ethyl adjacent to an activating group) is 1. The van der Waals surface area contributed by atoms with E-state index in [1.54, 1.807) is 4.90 Å². The van der Waals surface area contributed by atoms with Crippen molar-refractivity contribution in [2.75, 3.05) is 39.8 Å². The van der Waals surface area contributed by atoms with Crippen LogP contribution in [0.5, 0.6) is 0 Å².